The topological polar surface area (TPSA) is 4.93 Å². The predicted octanol–water partition coefficient (Wildman–Crippen LogP) is 3.56. The standard InChI is InChI=1S/C14H15N/c1-3-7-13-11-12-8-5-6-9-14(12)15(13)10-4-2/h3-6,8-9,11H,1-2,7,10H2. The Bertz CT molecular complexity index is 491. The van der Waals surface area contributed by atoms with Gasteiger partial charge in [0.25, 0.3) is 0 Å². The lowest BCUT2D eigenvalue weighted by molar-refractivity contribution is 0.811. The molecule has 76 valence electrons. The zero-order valence-corrected chi connectivity index (χ0v) is 8.82. The SMILES string of the molecule is C=CCc1cc2ccccc2n1CC=C. The average molecular weight is 197 g/mol. The van der Waals surface area contributed by atoms with Gasteiger partial charge in [0.1, 0.15) is 0 Å². The maximum atomic E-state index is 3.80. The molecular weight excluding hydrogens is 182 g/mol. The van der Waals surface area contributed by atoms with Crippen LogP contribution in [0.1, 0.15) is 5.69 Å². The Hall–Kier alpha value is -1.76. The van der Waals surface area contributed by atoms with Crippen LogP contribution >= 0.6 is 0 Å². The minimum Gasteiger partial charge on any atom is -0.340 e. The highest BCUT2D eigenvalue weighted by molar-refractivity contribution is 5.81. The molecule has 0 saturated heterocycles. The van der Waals surface area contributed by atoms with E-state index in [4.69, 9.17) is 0 Å². The molecule has 0 atom stereocenters. The Balaban J connectivity index is 2.62. The molecule has 0 N–H and O–H groups in total. The third-order valence-electron chi connectivity index (χ3n) is 2.56. The number of aromatic nitrogens is 1. The lowest BCUT2D eigenvalue weighted by Gasteiger charge is -2.05. The van der Waals surface area contributed by atoms with Gasteiger partial charge >= 0.3 is 0 Å². The number of fused-ring (bicyclic) bond motifs is 1. The largest absolute Gasteiger partial charge is 0.340 e. The molecule has 1 heteroatoms. The van der Waals surface area contributed by atoms with Gasteiger partial charge in [-0.1, -0.05) is 30.4 Å². The summed E-state index contributed by atoms with van der Waals surface area (Å²) in [6.07, 6.45) is 4.77. The van der Waals surface area contributed by atoms with Gasteiger partial charge in [-0.15, -0.1) is 13.2 Å². The second-order valence-corrected chi connectivity index (χ2v) is 3.59. The molecule has 0 spiro atoms. The molecule has 0 amide bonds. The van der Waals surface area contributed by atoms with Crippen molar-refractivity contribution in [3.63, 3.8) is 0 Å². The van der Waals surface area contributed by atoms with Gasteiger partial charge in [-0.25, -0.2) is 0 Å². The first kappa shape index (κ1) is 9.78. The minimum absolute atomic E-state index is 0.858. The molecule has 1 heterocycles. The van der Waals surface area contributed by atoms with Crippen LogP contribution in [0, 0.1) is 0 Å². The van der Waals surface area contributed by atoms with Gasteiger partial charge < -0.3 is 4.57 Å². The molecule has 0 fully saturated rings. The molecule has 1 nitrogen and oxygen atoms in total. The molecular formula is C14H15N. The molecule has 0 aliphatic heterocycles. The average Bonchev–Trinajstić information content (AvgIpc) is 2.59. The maximum absolute atomic E-state index is 3.80. The molecule has 2 aromatic rings. The zero-order valence-electron chi connectivity index (χ0n) is 8.82. The van der Waals surface area contributed by atoms with E-state index in [1.807, 2.05) is 12.2 Å². The van der Waals surface area contributed by atoms with Crippen molar-refractivity contribution in [2.24, 2.45) is 0 Å². The van der Waals surface area contributed by atoms with E-state index in [0.717, 1.165) is 13.0 Å². The predicted molar refractivity (Wildman–Crippen MR) is 66.0 cm³/mol. The van der Waals surface area contributed by atoms with E-state index < -0.39 is 0 Å². The number of para-hydroxylation sites is 1. The summed E-state index contributed by atoms with van der Waals surface area (Å²) in [5, 5.41) is 1.29. The van der Waals surface area contributed by atoms with Crippen molar-refractivity contribution in [3.05, 3.63) is 61.3 Å². The van der Waals surface area contributed by atoms with Gasteiger partial charge in [-0.3, -0.25) is 0 Å². The fourth-order valence-electron chi connectivity index (χ4n) is 1.93. The molecule has 1 aromatic heterocycles. The number of nitrogens with zero attached hydrogens (tertiary/aromatic N) is 1. The van der Waals surface area contributed by atoms with Crippen LogP contribution in [0.3, 0.4) is 0 Å². The third kappa shape index (κ3) is 1.73. The zero-order chi connectivity index (χ0) is 10.7. The summed E-state index contributed by atoms with van der Waals surface area (Å²) in [6.45, 7) is 8.44. The van der Waals surface area contributed by atoms with Crippen LogP contribution in [0.25, 0.3) is 10.9 Å². The third-order valence-corrected chi connectivity index (χ3v) is 2.56. The Morgan fingerprint density at radius 2 is 1.93 bits per heavy atom. The van der Waals surface area contributed by atoms with E-state index >= 15 is 0 Å². The van der Waals surface area contributed by atoms with Crippen molar-refractivity contribution in [1.82, 2.24) is 4.57 Å². The van der Waals surface area contributed by atoms with E-state index in [0.29, 0.717) is 0 Å². The lowest BCUT2D eigenvalue weighted by atomic mass is 10.2. The molecule has 1 aromatic carbocycles. The monoisotopic (exact) mass is 197 g/mol. The Kier molecular flexibility index (Phi) is 2.72. The fourth-order valence-corrected chi connectivity index (χ4v) is 1.93. The molecule has 0 bridgehead atoms. The van der Waals surface area contributed by atoms with Gasteiger partial charge in [0.15, 0.2) is 0 Å². The molecule has 0 unspecified atom stereocenters. The molecule has 0 aliphatic carbocycles. The first-order valence-corrected chi connectivity index (χ1v) is 5.15. The van der Waals surface area contributed by atoms with E-state index in [1.54, 1.807) is 0 Å². The van der Waals surface area contributed by atoms with Gasteiger partial charge in [0.05, 0.1) is 0 Å². The van der Waals surface area contributed by atoms with Gasteiger partial charge in [0, 0.05) is 24.2 Å². The molecule has 0 aliphatic rings. The van der Waals surface area contributed by atoms with Crippen LogP contribution < -0.4 is 0 Å². The van der Waals surface area contributed by atoms with Crippen molar-refractivity contribution in [1.29, 1.82) is 0 Å². The van der Waals surface area contributed by atoms with Crippen LogP contribution in [0.2, 0.25) is 0 Å². The highest BCUT2D eigenvalue weighted by Crippen LogP contribution is 2.20. The first-order chi connectivity index (χ1) is 7.36. The number of allylic oxidation sites excluding steroid dienone is 2. The normalized spacial score (nSPS) is 10.4. The van der Waals surface area contributed by atoms with Crippen molar-refractivity contribution in [2.75, 3.05) is 0 Å². The summed E-state index contributed by atoms with van der Waals surface area (Å²) in [5.41, 5.74) is 2.57. The first-order valence-electron chi connectivity index (χ1n) is 5.15. The Morgan fingerprint density at radius 3 is 2.67 bits per heavy atom. The molecule has 0 radical (unpaired) electrons. The van der Waals surface area contributed by atoms with E-state index in [1.165, 1.54) is 16.6 Å². The quantitative estimate of drug-likeness (QED) is 0.660. The number of benzene rings is 1. The van der Waals surface area contributed by atoms with E-state index in [2.05, 4.69) is 48.1 Å². The van der Waals surface area contributed by atoms with Gasteiger partial charge in [-0.05, 0) is 17.5 Å². The van der Waals surface area contributed by atoms with Crippen molar-refractivity contribution in [2.45, 2.75) is 13.0 Å². The summed E-state index contributed by atoms with van der Waals surface area (Å²) in [7, 11) is 0. The van der Waals surface area contributed by atoms with Crippen LogP contribution in [0.4, 0.5) is 0 Å². The van der Waals surface area contributed by atoms with Crippen molar-refractivity contribution < 1.29 is 0 Å². The highest BCUT2D eigenvalue weighted by atomic mass is 15.0. The van der Waals surface area contributed by atoms with Crippen molar-refractivity contribution >= 4 is 10.9 Å². The van der Waals surface area contributed by atoms with Crippen molar-refractivity contribution in [3.8, 4) is 0 Å². The maximum Gasteiger partial charge on any atom is 0.0485 e. The lowest BCUT2D eigenvalue weighted by Crippen LogP contribution is -1.99. The summed E-state index contributed by atoms with van der Waals surface area (Å²) in [5.74, 6) is 0. The second-order valence-electron chi connectivity index (χ2n) is 3.59. The Labute approximate surface area is 90.3 Å². The fraction of sp³-hybridized carbons (Fsp3) is 0.143. The summed E-state index contributed by atoms with van der Waals surface area (Å²) < 4.78 is 2.28. The summed E-state index contributed by atoms with van der Waals surface area (Å²) >= 11 is 0. The molecule has 15 heavy (non-hydrogen) atoms. The van der Waals surface area contributed by atoms with Crippen LogP contribution in [0.15, 0.2) is 55.6 Å². The molecule has 0 saturated carbocycles. The van der Waals surface area contributed by atoms with Crippen LogP contribution in [-0.2, 0) is 13.0 Å². The number of hydrogen-bond donors (Lipinski definition) is 0. The number of rotatable bonds is 4. The highest BCUT2D eigenvalue weighted by Gasteiger charge is 2.04. The summed E-state index contributed by atoms with van der Waals surface area (Å²) in [6, 6.07) is 10.6. The van der Waals surface area contributed by atoms with Gasteiger partial charge in [-0.2, -0.15) is 0 Å². The summed E-state index contributed by atoms with van der Waals surface area (Å²) in [4.78, 5) is 0. The smallest absolute Gasteiger partial charge is 0.0485 e. The van der Waals surface area contributed by atoms with E-state index in [9.17, 15) is 0 Å². The van der Waals surface area contributed by atoms with Gasteiger partial charge in [0.2, 0.25) is 0 Å². The van der Waals surface area contributed by atoms with Crippen LogP contribution in [-0.4, -0.2) is 4.57 Å². The van der Waals surface area contributed by atoms with Crippen LogP contribution in [0.5, 0.6) is 0 Å². The number of hydrogen-bond acceptors (Lipinski definition) is 0. The molecule has 2 rings (SSSR count). The Morgan fingerprint density at radius 1 is 1.13 bits per heavy atom. The minimum atomic E-state index is 0.858. The second kappa shape index (κ2) is 4.18. The van der Waals surface area contributed by atoms with E-state index in [-0.39, 0.29) is 0 Å².